The molecule has 0 bridgehead atoms. The first-order valence-electron chi connectivity index (χ1n) is 4.60. The number of aromatic nitrogens is 2. The highest BCUT2D eigenvalue weighted by Gasteiger charge is 2.01. The SMILES string of the molecule is CNc1cccc(-c2cc(C)[nH]n2)c1. The minimum absolute atomic E-state index is 0.986. The van der Waals surface area contributed by atoms with E-state index in [4.69, 9.17) is 0 Å². The Morgan fingerprint density at radius 1 is 1.29 bits per heavy atom. The second-order valence-corrected chi connectivity index (χ2v) is 3.27. The summed E-state index contributed by atoms with van der Waals surface area (Å²) in [5.41, 5.74) is 4.29. The number of rotatable bonds is 2. The normalized spacial score (nSPS) is 10.1. The molecule has 0 amide bonds. The lowest BCUT2D eigenvalue weighted by Gasteiger charge is -2.01. The van der Waals surface area contributed by atoms with Crippen molar-refractivity contribution in [3.63, 3.8) is 0 Å². The molecule has 0 saturated carbocycles. The Labute approximate surface area is 83.2 Å². The molecule has 3 heteroatoms. The number of hydrogen-bond donors (Lipinski definition) is 2. The van der Waals surface area contributed by atoms with E-state index in [9.17, 15) is 0 Å². The van der Waals surface area contributed by atoms with Crippen molar-refractivity contribution >= 4 is 5.69 Å². The van der Waals surface area contributed by atoms with Gasteiger partial charge in [0.1, 0.15) is 0 Å². The number of hydrogen-bond acceptors (Lipinski definition) is 2. The van der Waals surface area contributed by atoms with Crippen molar-refractivity contribution in [1.82, 2.24) is 10.2 Å². The summed E-state index contributed by atoms with van der Waals surface area (Å²) in [5.74, 6) is 0. The summed E-state index contributed by atoms with van der Waals surface area (Å²) in [4.78, 5) is 0. The second-order valence-electron chi connectivity index (χ2n) is 3.27. The van der Waals surface area contributed by atoms with E-state index >= 15 is 0 Å². The number of nitrogens with one attached hydrogen (secondary N) is 2. The van der Waals surface area contributed by atoms with E-state index in [2.05, 4.69) is 27.6 Å². The largest absolute Gasteiger partial charge is 0.388 e. The molecule has 2 N–H and O–H groups in total. The molecule has 0 atom stereocenters. The Morgan fingerprint density at radius 3 is 2.79 bits per heavy atom. The molecule has 72 valence electrons. The zero-order chi connectivity index (χ0) is 9.97. The molecule has 0 radical (unpaired) electrons. The number of anilines is 1. The summed E-state index contributed by atoms with van der Waals surface area (Å²) in [5, 5.41) is 10.2. The van der Waals surface area contributed by atoms with Crippen molar-refractivity contribution < 1.29 is 0 Å². The minimum atomic E-state index is 0.986. The number of aromatic amines is 1. The highest BCUT2D eigenvalue weighted by atomic mass is 15.1. The molecular weight excluding hydrogens is 174 g/mol. The van der Waals surface area contributed by atoms with Crippen LogP contribution in [0.4, 0.5) is 5.69 Å². The van der Waals surface area contributed by atoms with E-state index in [1.807, 2.05) is 32.2 Å². The summed E-state index contributed by atoms with van der Waals surface area (Å²) in [6.07, 6.45) is 0. The third kappa shape index (κ3) is 1.62. The van der Waals surface area contributed by atoms with Crippen LogP contribution in [0.25, 0.3) is 11.3 Å². The van der Waals surface area contributed by atoms with Gasteiger partial charge in [-0.05, 0) is 25.1 Å². The van der Waals surface area contributed by atoms with Gasteiger partial charge in [-0.3, -0.25) is 5.10 Å². The fraction of sp³-hybridized carbons (Fsp3) is 0.182. The molecule has 3 nitrogen and oxygen atoms in total. The smallest absolute Gasteiger partial charge is 0.0924 e. The van der Waals surface area contributed by atoms with E-state index in [-0.39, 0.29) is 0 Å². The van der Waals surface area contributed by atoms with Crippen LogP contribution in [0.3, 0.4) is 0 Å². The molecule has 14 heavy (non-hydrogen) atoms. The van der Waals surface area contributed by atoms with Gasteiger partial charge in [0, 0.05) is 24.0 Å². The zero-order valence-corrected chi connectivity index (χ0v) is 8.33. The van der Waals surface area contributed by atoms with Crippen LogP contribution in [0.1, 0.15) is 5.69 Å². The van der Waals surface area contributed by atoms with Gasteiger partial charge in [-0.15, -0.1) is 0 Å². The van der Waals surface area contributed by atoms with Crippen molar-refractivity contribution in [2.75, 3.05) is 12.4 Å². The van der Waals surface area contributed by atoms with Gasteiger partial charge in [0.15, 0.2) is 0 Å². The topological polar surface area (TPSA) is 40.7 Å². The van der Waals surface area contributed by atoms with Crippen molar-refractivity contribution in [2.45, 2.75) is 6.92 Å². The van der Waals surface area contributed by atoms with Crippen LogP contribution >= 0.6 is 0 Å². The third-order valence-corrected chi connectivity index (χ3v) is 2.15. The second kappa shape index (κ2) is 3.54. The fourth-order valence-electron chi connectivity index (χ4n) is 1.40. The van der Waals surface area contributed by atoms with E-state index in [0.717, 1.165) is 22.6 Å². The van der Waals surface area contributed by atoms with E-state index in [1.165, 1.54) is 0 Å². The van der Waals surface area contributed by atoms with Gasteiger partial charge in [-0.1, -0.05) is 12.1 Å². The van der Waals surface area contributed by atoms with Crippen LogP contribution < -0.4 is 5.32 Å². The molecule has 1 heterocycles. The third-order valence-electron chi connectivity index (χ3n) is 2.15. The highest BCUT2D eigenvalue weighted by Crippen LogP contribution is 2.20. The van der Waals surface area contributed by atoms with Crippen LogP contribution in [0, 0.1) is 6.92 Å². The molecule has 0 saturated heterocycles. The van der Waals surface area contributed by atoms with Gasteiger partial charge in [-0.25, -0.2) is 0 Å². The quantitative estimate of drug-likeness (QED) is 0.758. The van der Waals surface area contributed by atoms with Gasteiger partial charge in [0.05, 0.1) is 5.69 Å². The average molecular weight is 187 g/mol. The molecule has 0 aliphatic heterocycles. The van der Waals surface area contributed by atoms with Crippen molar-refractivity contribution in [1.29, 1.82) is 0 Å². The molecule has 2 rings (SSSR count). The molecule has 0 aliphatic rings. The van der Waals surface area contributed by atoms with Crippen LogP contribution in [-0.2, 0) is 0 Å². The highest BCUT2D eigenvalue weighted by molar-refractivity contribution is 5.64. The van der Waals surface area contributed by atoms with Crippen LogP contribution in [-0.4, -0.2) is 17.2 Å². The Bertz CT molecular complexity index is 432. The van der Waals surface area contributed by atoms with Crippen LogP contribution in [0.5, 0.6) is 0 Å². The molecule has 0 fully saturated rings. The molecule has 1 aromatic carbocycles. The lowest BCUT2D eigenvalue weighted by molar-refractivity contribution is 1.05. The summed E-state index contributed by atoms with van der Waals surface area (Å²) < 4.78 is 0. The van der Waals surface area contributed by atoms with Gasteiger partial charge in [-0.2, -0.15) is 5.10 Å². The maximum Gasteiger partial charge on any atom is 0.0924 e. The number of H-pyrrole nitrogens is 1. The minimum Gasteiger partial charge on any atom is -0.388 e. The molecular formula is C11H13N3. The molecule has 0 unspecified atom stereocenters. The van der Waals surface area contributed by atoms with Crippen molar-refractivity contribution in [3.8, 4) is 11.3 Å². The number of benzene rings is 1. The first-order chi connectivity index (χ1) is 6.79. The predicted molar refractivity (Wildman–Crippen MR) is 58.3 cm³/mol. The first-order valence-corrected chi connectivity index (χ1v) is 4.60. The molecule has 0 aliphatic carbocycles. The van der Waals surface area contributed by atoms with Gasteiger partial charge < -0.3 is 5.32 Å². The van der Waals surface area contributed by atoms with Gasteiger partial charge in [0.25, 0.3) is 0 Å². The predicted octanol–water partition coefficient (Wildman–Crippen LogP) is 2.43. The first kappa shape index (κ1) is 8.81. The molecule has 1 aromatic heterocycles. The Kier molecular flexibility index (Phi) is 2.23. The average Bonchev–Trinajstić information content (AvgIpc) is 2.65. The van der Waals surface area contributed by atoms with Gasteiger partial charge >= 0.3 is 0 Å². The Morgan fingerprint density at radius 2 is 2.14 bits per heavy atom. The Hall–Kier alpha value is -1.77. The standard InChI is InChI=1S/C11H13N3/c1-8-6-11(14-13-8)9-4-3-5-10(7-9)12-2/h3-7,12H,1-2H3,(H,13,14). The number of nitrogens with zero attached hydrogens (tertiary/aromatic N) is 1. The maximum absolute atomic E-state index is 4.21. The van der Waals surface area contributed by atoms with E-state index in [0.29, 0.717) is 0 Å². The zero-order valence-electron chi connectivity index (χ0n) is 8.33. The summed E-state index contributed by atoms with van der Waals surface area (Å²) in [6.45, 7) is 2.00. The van der Waals surface area contributed by atoms with Crippen LogP contribution in [0.2, 0.25) is 0 Å². The molecule has 0 spiro atoms. The van der Waals surface area contributed by atoms with E-state index in [1.54, 1.807) is 0 Å². The fourth-order valence-corrected chi connectivity index (χ4v) is 1.40. The van der Waals surface area contributed by atoms with Crippen molar-refractivity contribution in [2.24, 2.45) is 0 Å². The lowest BCUT2D eigenvalue weighted by atomic mass is 10.1. The Balaban J connectivity index is 2.41. The van der Waals surface area contributed by atoms with Gasteiger partial charge in [0.2, 0.25) is 0 Å². The summed E-state index contributed by atoms with van der Waals surface area (Å²) in [7, 11) is 1.91. The lowest BCUT2D eigenvalue weighted by Crippen LogP contribution is -1.87. The van der Waals surface area contributed by atoms with Crippen LogP contribution in [0.15, 0.2) is 30.3 Å². The maximum atomic E-state index is 4.21. The van der Waals surface area contributed by atoms with Crippen molar-refractivity contribution in [3.05, 3.63) is 36.0 Å². The summed E-state index contributed by atoms with van der Waals surface area (Å²) in [6, 6.07) is 10.2. The number of aryl methyl sites for hydroxylation is 1. The van der Waals surface area contributed by atoms with E-state index < -0.39 is 0 Å². The molecule has 2 aromatic rings. The monoisotopic (exact) mass is 187 g/mol. The summed E-state index contributed by atoms with van der Waals surface area (Å²) >= 11 is 0.